The minimum Gasteiger partial charge on any atom is -0.480 e. The number of ether oxygens (including phenoxy) is 1. The highest BCUT2D eigenvalue weighted by atomic mass is 16.5. The van der Waals surface area contributed by atoms with Crippen molar-refractivity contribution in [2.45, 2.75) is 13.0 Å². The molecule has 0 unspecified atom stereocenters. The number of rotatable bonds is 4. The average Bonchev–Trinajstić information content (AvgIpc) is 1.87. The van der Waals surface area contributed by atoms with Crippen molar-refractivity contribution >= 4 is 11.9 Å². The summed E-state index contributed by atoms with van der Waals surface area (Å²) in [4.78, 5) is 20.8. The highest BCUT2D eigenvalue weighted by molar-refractivity contribution is 5.83. The van der Waals surface area contributed by atoms with Crippen molar-refractivity contribution < 1.29 is 19.4 Å². The summed E-state index contributed by atoms with van der Waals surface area (Å²) in [6.07, 6.45) is 0. The first-order valence-electron chi connectivity index (χ1n) is 3.09. The van der Waals surface area contributed by atoms with E-state index < -0.39 is 17.9 Å². The van der Waals surface area contributed by atoms with Crippen molar-refractivity contribution in [3.63, 3.8) is 0 Å². The summed E-state index contributed by atoms with van der Waals surface area (Å²) in [6.45, 7) is 1.27. The van der Waals surface area contributed by atoms with Crippen LogP contribution in [0.2, 0.25) is 0 Å². The maximum Gasteiger partial charge on any atom is 0.325 e. The Morgan fingerprint density at radius 1 is 1.64 bits per heavy atom. The van der Waals surface area contributed by atoms with Gasteiger partial charge in [0.1, 0.15) is 12.6 Å². The van der Waals surface area contributed by atoms with E-state index in [2.05, 4.69) is 10.1 Å². The van der Waals surface area contributed by atoms with Crippen LogP contribution >= 0.6 is 0 Å². The third kappa shape index (κ3) is 4.32. The first-order chi connectivity index (χ1) is 5.07. The Balaban J connectivity index is 3.66. The minimum atomic E-state index is -1.06. The summed E-state index contributed by atoms with van der Waals surface area (Å²) in [5.41, 5.74) is 0. The first-order valence-corrected chi connectivity index (χ1v) is 3.09. The zero-order valence-electron chi connectivity index (χ0n) is 6.46. The molecule has 11 heavy (non-hydrogen) atoms. The highest BCUT2D eigenvalue weighted by Gasteiger charge is 2.12. The molecule has 5 nitrogen and oxygen atoms in total. The molecule has 0 aliphatic carbocycles. The smallest absolute Gasteiger partial charge is 0.325 e. The Morgan fingerprint density at radius 2 is 2.18 bits per heavy atom. The van der Waals surface area contributed by atoms with E-state index in [0.29, 0.717) is 0 Å². The molecule has 0 spiro atoms. The molecule has 0 aliphatic rings. The van der Waals surface area contributed by atoms with Gasteiger partial charge in [-0.25, -0.2) is 0 Å². The SMILES string of the molecule is COCC(=O)N[C@@H](C)C(=O)O. The Kier molecular flexibility index (Phi) is 4.21. The van der Waals surface area contributed by atoms with Gasteiger partial charge in [0.25, 0.3) is 0 Å². The lowest BCUT2D eigenvalue weighted by Crippen LogP contribution is -2.40. The van der Waals surface area contributed by atoms with Crippen LogP contribution in [0.15, 0.2) is 0 Å². The Labute approximate surface area is 64.3 Å². The van der Waals surface area contributed by atoms with E-state index in [0.717, 1.165) is 0 Å². The lowest BCUT2D eigenvalue weighted by molar-refractivity contribution is -0.141. The fourth-order valence-electron chi connectivity index (χ4n) is 0.476. The molecule has 0 aromatic heterocycles. The molecule has 5 heteroatoms. The molecule has 0 bridgehead atoms. The van der Waals surface area contributed by atoms with Crippen LogP contribution in [0.25, 0.3) is 0 Å². The molecule has 0 radical (unpaired) electrons. The van der Waals surface area contributed by atoms with E-state index >= 15 is 0 Å². The molecule has 0 heterocycles. The number of carboxylic acid groups (broad SMARTS) is 1. The lowest BCUT2D eigenvalue weighted by atomic mass is 10.3. The van der Waals surface area contributed by atoms with Crippen LogP contribution in [0.4, 0.5) is 0 Å². The van der Waals surface area contributed by atoms with Crippen molar-refractivity contribution in [1.82, 2.24) is 5.32 Å². The summed E-state index contributed by atoms with van der Waals surface area (Å²) in [5.74, 6) is -1.49. The van der Waals surface area contributed by atoms with E-state index in [-0.39, 0.29) is 6.61 Å². The number of carbonyl (C=O) groups is 2. The third-order valence-corrected chi connectivity index (χ3v) is 1.02. The number of carboxylic acids is 1. The summed E-state index contributed by atoms with van der Waals surface area (Å²) in [5, 5.41) is 10.6. The normalized spacial score (nSPS) is 12.2. The predicted octanol–water partition coefficient (Wildman–Crippen LogP) is -0.778. The summed E-state index contributed by atoms with van der Waals surface area (Å²) < 4.78 is 4.48. The predicted molar refractivity (Wildman–Crippen MR) is 37.1 cm³/mol. The fourth-order valence-corrected chi connectivity index (χ4v) is 0.476. The summed E-state index contributed by atoms with van der Waals surface area (Å²) in [6, 6.07) is -0.863. The first kappa shape index (κ1) is 9.90. The lowest BCUT2D eigenvalue weighted by Gasteiger charge is -2.07. The average molecular weight is 161 g/mol. The molecule has 0 aromatic carbocycles. The van der Waals surface area contributed by atoms with Crippen molar-refractivity contribution in [1.29, 1.82) is 0 Å². The summed E-state index contributed by atoms with van der Waals surface area (Å²) in [7, 11) is 1.37. The van der Waals surface area contributed by atoms with Gasteiger partial charge in [0.05, 0.1) is 0 Å². The Morgan fingerprint density at radius 3 is 2.55 bits per heavy atom. The maximum atomic E-state index is 10.7. The number of hydrogen-bond acceptors (Lipinski definition) is 3. The van der Waals surface area contributed by atoms with Gasteiger partial charge >= 0.3 is 5.97 Å². The molecule has 0 rings (SSSR count). The molecular formula is C6H11NO4. The number of hydrogen-bond donors (Lipinski definition) is 2. The van der Waals surface area contributed by atoms with Crippen molar-refractivity contribution in [2.24, 2.45) is 0 Å². The second-order valence-electron chi connectivity index (χ2n) is 2.06. The van der Waals surface area contributed by atoms with Crippen LogP contribution in [0.5, 0.6) is 0 Å². The van der Waals surface area contributed by atoms with E-state index in [1.54, 1.807) is 0 Å². The van der Waals surface area contributed by atoms with E-state index in [4.69, 9.17) is 5.11 Å². The van der Waals surface area contributed by atoms with Gasteiger partial charge < -0.3 is 15.2 Å². The molecule has 0 saturated heterocycles. The molecule has 64 valence electrons. The van der Waals surface area contributed by atoms with Crippen molar-refractivity contribution in [2.75, 3.05) is 13.7 Å². The molecule has 1 amide bonds. The Hall–Kier alpha value is -1.10. The van der Waals surface area contributed by atoms with Crippen LogP contribution in [0, 0.1) is 0 Å². The van der Waals surface area contributed by atoms with Gasteiger partial charge in [0, 0.05) is 7.11 Å². The topological polar surface area (TPSA) is 75.6 Å². The highest BCUT2D eigenvalue weighted by Crippen LogP contribution is 1.80. The van der Waals surface area contributed by atoms with Crippen molar-refractivity contribution in [3.05, 3.63) is 0 Å². The van der Waals surface area contributed by atoms with Crippen molar-refractivity contribution in [3.8, 4) is 0 Å². The number of methoxy groups -OCH3 is 1. The molecular weight excluding hydrogens is 150 g/mol. The van der Waals surface area contributed by atoms with Crippen LogP contribution < -0.4 is 5.32 Å². The zero-order valence-corrected chi connectivity index (χ0v) is 6.46. The van der Waals surface area contributed by atoms with Gasteiger partial charge in [0.15, 0.2) is 0 Å². The molecule has 0 fully saturated rings. The van der Waals surface area contributed by atoms with Crippen LogP contribution in [0.3, 0.4) is 0 Å². The largest absolute Gasteiger partial charge is 0.480 e. The number of amides is 1. The standard InChI is InChI=1S/C6H11NO4/c1-4(6(9)10)7-5(8)3-11-2/h4H,3H2,1-2H3,(H,7,8)(H,9,10)/t4-/m0/s1. The molecule has 1 atom stereocenters. The van der Waals surface area contributed by atoms with Gasteiger partial charge in [0.2, 0.25) is 5.91 Å². The maximum absolute atomic E-state index is 10.7. The molecule has 0 saturated carbocycles. The summed E-state index contributed by atoms with van der Waals surface area (Å²) >= 11 is 0. The minimum absolute atomic E-state index is 0.113. The fraction of sp³-hybridized carbons (Fsp3) is 0.667. The van der Waals surface area contributed by atoms with Gasteiger partial charge in [-0.1, -0.05) is 0 Å². The van der Waals surface area contributed by atoms with Crippen LogP contribution in [-0.2, 0) is 14.3 Å². The third-order valence-electron chi connectivity index (χ3n) is 1.02. The Bertz CT molecular complexity index is 157. The number of carbonyl (C=O) groups excluding carboxylic acids is 1. The van der Waals surface area contributed by atoms with Crippen LogP contribution in [0.1, 0.15) is 6.92 Å². The zero-order chi connectivity index (χ0) is 8.85. The number of nitrogens with one attached hydrogen (secondary N) is 1. The molecule has 2 N–H and O–H groups in total. The van der Waals surface area contributed by atoms with E-state index in [9.17, 15) is 9.59 Å². The second-order valence-corrected chi connectivity index (χ2v) is 2.06. The van der Waals surface area contributed by atoms with Crippen LogP contribution in [-0.4, -0.2) is 36.7 Å². The van der Waals surface area contributed by atoms with Gasteiger partial charge in [-0.3, -0.25) is 9.59 Å². The second kappa shape index (κ2) is 4.68. The monoisotopic (exact) mass is 161 g/mol. The molecule has 0 aliphatic heterocycles. The number of aliphatic carboxylic acids is 1. The quantitative estimate of drug-likeness (QED) is 0.567. The van der Waals surface area contributed by atoms with E-state index in [1.165, 1.54) is 14.0 Å². The van der Waals surface area contributed by atoms with Gasteiger partial charge in [-0.15, -0.1) is 0 Å². The molecule has 0 aromatic rings. The van der Waals surface area contributed by atoms with E-state index in [1.807, 2.05) is 0 Å². The van der Waals surface area contributed by atoms with Gasteiger partial charge in [-0.2, -0.15) is 0 Å². The van der Waals surface area contributed by atoms with Gasteiger partial charge in [-0.05, 0) is 6.92 Å².